The molecule has 6 heteroatoms. The zero-order valence-electron chi connectivity index (χ0n) is 7.13. The zero-order valence-corrected chi connectivity index (χ0v) is 8.72. The van der Waals surface area contributed by atoms with Crippen LogP contribution in [0, 0.1) is 5.41 Å². The van der Waals surface area contributed by atoms with Crippen LogP contribution < -0.4 is 11.1 Å². The van der Waals surface area contributed by atoms with E-state index < -0.39 is 0 Å². The van der Waals surface area contributed by atoms with E-state index in [1.165, 1.54) is 6.33 Å². The fourth-order valence-corrected chi connectivity index (χ4v) is 1.31. The van der Waals surface area contributed by atoms with E-state index >= 15 is 0 Å². The van der Waals surface area contributed by atoms with Gasteiger partial charge in [-0.1, -0.05) is 0 Å². The van der Waals surface area contributed by atoms with Crippen LogP contribution in [0.3, 0.4) is 0 Å². The molecular formula is C7H10BrN5. The van der Waals surface area contributed by atoms with E-state index in [0.29, 0.717) is 17.2 Å². The number of anilines is 2. The van der Waals surface area contributed by atoms with Gasteiger partial charge in [0.25, 0.3) is 0 Å². The Morgan fingerprint density at radius 1 is 1.69 bits per heavy atom. The molecule has 0 unspecified atom stereocenters. The van der Waals surface area contributed by atoms with Crippen molar-refractivity contribution in [1.82, 2.24) is 9.97 Å². The van der Waals surface area contributed by atoms with Gasteiger partial charge in [-0.2, -0.15) is 0 Å². The molecule has 0 aromatic carbocycles. The second-order valence-corrected chi connectivity index (χ2v) is 3.12. The summed E-state index contributed by atoms with van der Waals surface area (Å²) in [6, 6.07) is 0. The van der Waals surface area contributed by atoms with E-state index in [2.05, 4.69) is 31.2 Å². The van der Waals surface area contributed by atoms with Crippen LogP contribution in [0.2, 0.25) is 0 Å². The molecule has 0 saturated heterocycles. The van der Waals surface area contributed by atoms with Gasteiger partial charge in [0.15, 0.2) is 0 Å². The first kappa shape index (κ1) is 9.91. The third kappa shape index (κ3) is 2.15. The summed E-state index contributed by atoms with van der Waals surface area (Å²) < 4.78 is 0.182. The molecule has 0 radical (unpaired) electrons. The molecule has 0 fully saturated rings. The lowest BCUT2D eigenvalue weighted by atomic mass is 10.3. The maximum absolute atomic E-state index is 7.41. The lowest BCUT2D eigenvalue weighted by molar-refractivity contribution is 1.11. The van der Waals surface area contributed by atoms with E-state index in [1.54, 1.807) is 0 Å². The van der Waals surface area contributed by atoms with Gasteiger partial charge in [0.2, 0.25) is 0 Å². The number of nitrogen functional groups attached to an aromatic ring is 1. The van der Waals surface area contributed by atoms with Crippen LogP contribution in [0.1, 0.15) is 12.5 Å². The van der Waals surface area contributed by atoms with Crippen molar-refractivity contribution in [2.75, 3.05) is 17.6 Å². The highest BCUT2D eigenvalue weighted by Crippen LogP contribution is 2.19. The van der Waals surface area contributed by atoms with Gasteiger partial charge in [0, 0.05) is 6.54 Å². The Hall–Kier alpha value is -1.17. The van der Waals surface area contributed by atoms with E-state index in [0.717, 1.165) is 6.54 Å². The van der Waals surface area contributed by atoms with Gasteiger partial charge >= 0.3 is 0 Å². The first-order valence-corrected chi connectivity index (χ1v) is 4.54. The summed E-state index contributed by atoms with van der Waals surface area (Å²) in [4.78, 5) is 7.78. The van der Waals surface area contributed by atoms with Crippen LogP contribution in [0.5, 0.6) is 0 Å². The molecule has 5 nitrogen and oxygen atoms in total. The van der Waals surface area contributed by atoms with Gasteiger partial charge in [-0.15, -0.1) is 0 Å². The van der Waals surface area contributed by atoms with Crippen LogP contribution in [-0.4, -0.2) is 21.1 Å². The van der Waals surface area contributed by atoms with Gasteiger partial charge < -0.3 is 11.1 Å². The van der Waals surface area contributed by atoms with Crippen LogP contribution in [0.25, 0.3) is 0 Å². The van der Waals surface area contributed by atoms with Gasteiger partial charge in [0.05, 0.1) is 5.56 Å². The summed E-state index contributed by atoms with van der Waals surface area (Å²) in [7, 11) is 0. The second-order valence-electron chi connectivity index (χ2n) is 2.33. The van der Waals surface area contributed by atoms with Crippen molar-refractivity contribution < 1.29 is 0 Å². The molecular weight excluding hydrogens is 234 g/mol. The van der Waals surface area contributed by atoms with Crippen molar-refractivity contribution in [3.63, 3.8) is 0 Å². The lowest BCUT2D eigenvalue weighted by Gasteiger charge is -2.08. The Labute approximate surface area is 84.4 Å². The molecule has 0 aliphatic heterocycles. The molecule has 0 amide bonds. The minimum atomic E-state index is 0.182. The molecule has 0 aliphatic rings. The molecule has 1 rings (SSSR count). The number of hydrogen-bond donors (Lipinski definition) is 3. The average molecular weight is 244 g/mol. The van der Waals surface area contributed by atoms with Crippen molar-refractivity contribution >= 4 is 32.2 Å². The standard InChI is InChI=1S/C7H10BrN5/c1-2-11-7-4(5(8)9)6(10)12-3-13-7/h3,9H,2H2,1H3,(H3,10,11,12,13). The number of nitrogens with one attached hydrogen (secondary N) is 2. The van der Waals surface area contributed by atoms with Crippen LogP contribution in [-0.2, 0) is 0 Å². The summed E-state index contributed by atoms with van der Waals surface area (Å²) in [6.45, 7) is 2.67. The molecule has 1 aromatic heterocycles. The Kier molecular flexibility index (Phi) is 3.18. The number of halogens is 1. The number of hydrogen-bond acceptors (Lipinski definition) is 5. The molecule has 0 saturated carbocycles. The van der Waals surface area contributed by atoms with Crippen LogP contribution in [0.15, 0.2) is 6.33 Å². The Balaban J connectivity index is 3.17. The van der Waals surface area contributed by atoms with Crippen molar-refractivity contribution in [2.45, 2.75) is 6.92 Å². The van der Waals surface area contributed by atoms with Gasteiger partial charge in [-0.05, 0) is 22.9 Å². The highest BCUT2D eigenvalue weighted by Gasteiger charge is 2.10. The van der Waals surface area contributed by atoms with Crippen molar-refractivity contribution in [3.05, 3.63) is 11.9 Å². The number of rotatable bonds is 3. The summed E-state index contributed by atoms with van der Waals surface area (Å²) in [5.74, 6) is 0.879. The summed E-state index contributed by atoms with van der Waals surface area (Å²) >= 11 is 3.04. The molecule has 0 spiro atoms. The van der Waals surface area contributed by atoms with Gasteiger partial charge in [-0.25, -0.2) is 9.97 Å². The highest BCUT2D eigenvalue weighted by atomic mass is 79.9. The quantitative estimate of drug-likeness (QED) is 0.697. The molecule has 0 bridgehead atoms. The van der Waals surface area contributed by atoms with Crippen molar-refractivity contribution in [1.29, 1.82) is 5.41 Å². The van der Waals surface area contributed by atoms with Crippen molar-refractivity contribution in [3.8, 4) is 0 Å². The fourth-order valence-electron chi connectivity index (χ4n) is 0.917. The fraction of sp³-hybridized carbons (Fsp3) is 0.286. The SMILES string of the molecule is CCNc1ncnc(N)c1C(=N)Br. The second kappa shape index (κ2) is 4.18. The summed E-state index contributed by atoms with van der Waals surface area (Å²) in [6.07, 6.45) is 1.37. The largest absolute Gasteiger partial charge is 0.383 e. The minimum Gasteiger partial charge on any atom is -0.383 e. The molecule has 1 heterocycles. The molecule has 4 N–H and O–H groups in total. The predicted molar refractivity (Wildman–Crippen MR) is 56.4 cm³/mol. The highest BCUT2D eigenvalue weighted by molar-refractivity contribution is 9.18. The Morgan fingerprint density at radius 2 is 2.38 bits per heavy atom. The topological polar surface area (TPSA) is 87.7 Å². The Bertz CT molecular complexity index is 325. The van der Waals surface area contributed by atoms with Crippen molar-refractivity contribution in [2.24, 2.45) is 0 Å². The lowest BCUT2D eigenvalue weighted by Crippen LogP contribution is -2.09. The monoisotopic (exact) mass is 243 g/mol. The third-order valence-electron chi connectivity index (χ3n) is 1.44. The predicted octanol–water partition coefficient (Wildman–Crippen LogP) is 1.21. The normalized spacial score (nSPS) is 9.69. The molecule has 13 heavy (non-hydrogen) atoms. The van der Waals surface area contributed by atoms with E-state index in [-0.39, 0.29) is 4.62 Å². The van der Waals surface area contributed by atoms with E-state index in [4.69, 9.17) is 11.1 Å². The first-order chi connectivity index (χ1) is 6.16. The van der Waals surface area contributed by atoms with Gasteiger partial charge in [-0.3, -0.25) is 5.41 Å². The maximum Gasteiger partial charge on any atom is 0.141 e. The summed E-state index contributed by atoms with van der Waals surface area (Å²) in [5.41, 5.74) is 6.09. The molecule has 0 aliphatic carbocycles. The maximum atomic E-state index is 7.41. The number of nitrogens with two attached hydrogens (primary N) is 1. The first-order valence-electron chi connectivity index (χ1n) is 3.75. The number of nitrogens with zero attached hydrogens (tertiary/aromatic N) is 2. The smallest absolute Gasteiger partial charge is 0.141 e. The Morgan fingerprint density at radius 3 is 2.92 bits per heavy atom. The molecule has 0 atom stereocenters. The van der Waals surface area contributed by atoms with E-state index in [9.17, 15) is 0 Å². The number of aromatic nitrogens is 2. The molecule has 1 aromatic rings. The minimum absolute atomic E-state index is 0.182. The summed E-state index contributed by atoms with van der Waals surface area (Å²) in [5, 5.41) is 10.4. The van der Waals surface area contributed by atoms with Crippen LogP contribution >= 0.6 is 15.9 Å². The van der Waals surface area contributed by atoms with Crippen LogP contribution in [0.4, 0.5) is 11.6 Å². The van der Waals surface area contributed by atoms with E-state index in [1.807, 2.05) is 6.92 Å². The third-order valence-corrected chi connectivity index (χ3v) is 1.84. The average Bonchev–Trinajstić information content (AvgIpc) is 2.04. The zero-order chi connectivity index (χ0) is 9.84. The molecule has 70 valence electrons. The van der Waals surface area contributed by atoms with Gasteiger partial charge in [0.1, 0.15) is 22.6 Å².